The zero-order chi connectivity index (χ0) is 16.7. The quantitative estimate of drug-likeness (QED) is 0.811. The zero-order valence-electron chi connectivity index (χ0n) is 12.3. The molecule has 0 radical (unpaired) electrons. The van der Waals surface area contributed by atoms with Gasteiger partial charge in [-0.2, -0.15) is 4.98 Å². The molecule has 9 heteroatoms. The van der Waals surface area contributed by atoms with Gasteiger partial charge in [0.15, 0.2) is 6.61 Å². The second kappa shape index (κ2) is 8.37. The molecule has 6 nitrogen and oxygen atoms in total. The molecule has 0 aliphatic rings. The third kappa shape index (κ3) is 5.78. The van der Waals surface area contributed by atoms with Crippen LogP contribution in [0.15, 0.2) is 29.8 Å². The molecule has 0 aromatic carbocycles. The minimum atomic E-state index is -2.58. The summed E-state index contributed by atoms with van der Waals surface area (Å²) in [4.78, 5) is 19.9. The fraction of sp³-hybridized carbons (Fsp3) is 0.357. The number of hydrogen-bond acceptors (Lipinski definition) is 5. The lowest BCUT2D eigenvalue weighted by molar-refractivity contribution is 0.0796. The van der Waals surface area contributed by atoms with Gasteiger partial charge in [-0.25, -0.2) is 18.6 Å². The molecule has 2 heterocycles. The smallest absolute Gasteiger partial charge is 0.320 e. The van der Waals surface area contributed by atoms with Crippen molar-refractivity contribution in [1.82, 2.24) is 15.3 Å². The standard InChI is InChI=1S/C14H16F2N4O2S/c1-9(13-17-5-6-23-13)7-18-14(21)20-11-3-2-4-12(19-11)22-8-10(15)16/h2-6,9-10H,7-8H2,1H3,(H2,18,19,20,21). The lowest BCUT2D eigenvalue weighted by atomic mass is 10.2. The normalized spacial score (nSPS) is 12.0. The number of alkyl halides is 2. The Morgan fingerprint density at radius 2 is 2.26 bits per heavy atom. The highest BCUT2D eigenvalue weighted by Gasteiger charge is 2.11. The number of aromatic nitrogens is 2. The monoisotopic (exact) mass is 342 g/mol. The van der Waals surface area contributed by atoms with Crippen molar-refractivity contribution in [1.29, 1.82) is 0 Å². The van der Waals surface area contributed by atoms with E-state index in [9.17, 15) is 13.6 Å². The van der Waals surface area contributed by atoms with E-state index < -0.39 is 19.1 Å². The van der Waals surface area contributed by atoms with Gasteiger partial charge in [-0.3, -0.25) is 5.32 Å². The Morgan fingerprint density at radius 1 is 1.43 bits per heavy atom. The predicted octanol–water partition coefficient (Wildman–Crippen LogP) is 3.11. The van der Waals surface area contributed by atoms with Gasteiger partial charge in [0.1, 0.15) is 5.82 Å². The number of urea groups is 1. The molecule has 0 fully saturated rings. The Kier molecular flexibility index (Phi) is 6.21. The van der Waals surface area contributed by atoms with Crippen LogP contribution in [0.2, 0.25) is 0 Å². The highest BCUT2D eigenvalue weighted by Crippen LogP contribution is 2.16. The second-order valence-corrected chi connectivity index (χ2v) is 5.60. The Bertz CT molecular complexity index is 625. The molecule has 1 unspecified atom stereocenters. The van der Waals surface area contributed by atoms with E-state index in [0.717, 1.165) is 5.01 Å². The summed E-state index contributed by atoms with van der Waals surface area (Å²) in [6, 6.07) is 4.10. The number of hydrogen-bond donors (Lipinski definition) is 2. The average molecular weight is 342 g/mol. The lowest BCUT2D eigenvalue weighted by Gasteiger charge is -2.11. The van der Waals surface area contributed by atoms with Gasteiger partial charge in [0, 0.05) is 30.1 Å². The number of rotatable bonds is 7. The summed E-state index contributed by atoms with van der Waals surface area (Å²) in [5, 5.41) is 8.04. The van der Waals surface area contributed by atoms with E-state index >= 15 is 0 Å². The third-order valence-corrected chi connectivity index (χ3v) is 3.77. The average Bonchev–Trinajstić information content (AvgIpc) is 3.05. The summed E-state index contributed by atoms with van der Waals surface area (Å²) in [5.41, 5.74) is 0. The van der Waals surface area contributed by atoms with Gasteiger partial charge >= 0.3 is 6.03 Å². The Labute approximate surface area is 135 Å². The fourth-order valence-corrected chi connectivity index (χ4v) is 2.38. The third-order valence-electron chi connectivity index (χ3n) is 2.76. The van der Waals surface area contributed by atoms with Crippen LogP contribution in [-0.4, -0.2) is 35.6 Å². The summed E-state index contributed by atoms with van der Waals surface area (Å²) in [6.45, 7) is 1.63. The highest BCUT2D eigenvalue weighted by atomic mass is 32.1. The minimum absolute atomic E-state index is 0.0271. The van der Waals surface area contributed by atoms with Crippen LogP contribution in [0.4, 0.5) is 19.4 Å². The van der Waals surface area contributed by atoms with Crippen molar-refractivity contribution < 1.29 is 18.3 Å². The maximum atomic E-state index is 12.1. The van der Waals surface area contributed by atoms with Crippen molar-refractivity contribution in [3.8, 4) is 5.88 Å². The molecule has 2 amide bonds. The van der Waals surface area contributed by atoms with Crippen LogP contribution >= 0.6 is 11.3 Å². The van der Waals surface area contributed by atoms with Crippen molar-refractivity contribution in [3.05, 3.63) is 34.8 Å². The first-order valence-corrected chi connectivity index (χ1v) is 7.75. The maximum absolute atomic E-state index is 12.1. The summed E-state index contributed by atoms with van der Waals surface area (Å²) < 4.78 is 29.0. The Balaban J connectivity index is 1.81. The first kappa shape index (κ1) is 17.1. The number of amides is 2. The number of anilines is 1. The number of nitrogens with zero attached hydrogens (tertiary/aromatic N) is 2. The lowest BCUT2D eigenvalue weighted by Crippen LogP contribution is -2.32. The molecule has 0 aliphatic carbocycles. The van der Waals surface area contributed by atoms with Crippen molar-refractivity contribution in [2.45, 2.75) is 19.3 Å². The topological polar surface area (TPSA) is 76.1 Å². The van der Waals surface area contributed by atoms with Crippen molar-refractivity contribution >= 4 is 23.2 Å². The Morgan fingerprint density at radius 3 is 2.96 bits per heavy atom. The summed E-state index contributed by atoms with van der Waals surface area (Å²) >= 11 is 1.52. The van der Waals surface area contributed by atoms with Gasteiger partial charge in [0.2, 0.25) is 5.88 Å². The SMILES string of the molecule is CC(CNC(=O)Nc1cccc(OCC(F)F)n1)c1nccs1. The number of thiazole rings is 1. The van der Waals surface area contributed by atoms with Crippen molar-refractivity contribution in [3.63, 3.8) is 0 Å². The van der Waals surface area contributed by atoms with Gasteiger partial charge in [-0.1, -0.05) is 13.0 Å². The van der Waals surface area contributed by atoms with Gasteiger partial charge < -0.3 is 10.1 Å². The summed E-state index contributed by atoms with van der Waals surface area (Å²) in [5.74, 6) is 0.338. The molecular formula is C14H16F2N4O2S. The van der Waals surface area contributed by atoms with Crippen molar-refractivity contribution in [2.75, 3.05) is 18.5 Å². The van der Waals surface area contributed by atoms with E-state index in [1.54, 1.807) is 18.3 Å². The number of nitrogens with one attached hydrogen (secondary N) is 2. The zero-order valence-corrected chi connectivity index (χ0v) is 13.1. The van der Waals surface area contributed by atoms with Gasteiger partial charge in [0.05, 0.1) is 5.01 Å². The molecule has 0 bridgehead atoms. The van der Waals surface area contributed by atoms with Crippen LogP contribution in [0.5, 0.6) is 5.88 Å². The van der Waals surface area contributed by atoms with Crippen molar-refractivity contribution in [2.24, 2.45) is 0 Å². The number of carbonyl (C=O) groups excluding carboxylic acids is 1. The number of halogens is 2. The van der Waals surface area contributed by atoms with Gasteiger partial charge in [-0.15, -0.1) is 11.3 Å². The fourth-order valence-electron chi connectivity index (χ4n) is 1.68. The summed E-state index contributed by atoms with van der Waals surface area (Å²) in [7, 11) is 0. The number of carbonyl (C=O) groups is 1. The molecule has 2 aromatic heterocycles. The molecule has 23 heavy (non-hydrogen) atoms. The van der Waals surface area contributed by atoms with E-state index in [-0.39, 0.29) is 17.6 Å². The largest absolute Gasteiger partial charge is 0.472 e. The van der Waals surface area contributed by atoms with Gasteiger partial charge in [0.25, 0.3) is 6.43 Å². The molecule has 0 spiro atoms. The number of ether oxygens (including phenoxy) is 1. The second-order valence-electron chi connectivity index (χ2n) is 4.67. The van der Waals surface area contributed by atoms with E-state index in [0.29, 0.717) is 6.54 Å². The molecule has 0 aliphatic heterocycles. The molecule has 0 saturated heterocycles. The molecule has 2 N–H and O–H groups in total. The molecule has 1 atom stereocenters. The van der Waals surface area contributed by atoms with E-state index in [1.807, 2.05) is 12.3 Å². The van der Waals surface area contributed by atoms with Crippen LogP contribution in [0.25, 0.3) is 0 Å². The first-order valence-electron chi connectivity index (χ1n) is 6.87. The Hall–Kier alpha value is -2.29. The molecule has 124 valence electrons. The van der Waals surface area contributed by atoms with Crippen LogP contribution < -0.4 is 15.4 Å². The summed E-state index contributed by atoms with van der Waals surface area (Å²) in [6.07, 6.45) is -0.866. The molecule has 2 aromatic rings. The van der Waals surface area contributed by atoms with E-state index in [1.165, 1.54) is 17.4 Å². The minimum Gasteiger partial charge on any atom is -0.472 e. The first-order chi connectivity index (χ1) is 11.0. The van der Waals surface area contributed by atoms with Crippen LogP contribution in [0.1, 0.15) is 17.8 Å². The molecular weight excluding hydrogens is 326 g/mol. The molecule has 0 saturated carbocycles. The van der Waals surface area contributed by atoms with E-state index in [2.05, 4.69) is 20.6 Å². The van der Waals surface area contributed by atoms with Crippen LogP contribution in [-0.2, 0) is 0 Å². The highest BCUT2D eigenvalue weighted by molar-refractivity contribution is 7.09. The van der Waals surface area contributed by atoms with E-state index in [4.69, 9.17) is 4.74 Å². The van der Waals surface area contributed by atoms with Crippen LogP contribution in [0.3, 0.4) is 0 Å². The maximum Gasteiger partial charge on any atom is 0.320 e. The predicted molar refractivity (Wildman–Crippen MR) is 83.3 cm³/mol. The van der Waals surface area contributed by atoms with Crippen LogP contribution in [0, 0.1) is 0 Å². The molecule has 2 rings (SSSR count). The number of pyridine rings is 1. The van der Waals surface area contributed by atoms with Gasteiger partial charge in [-0.05, 0) is 6.07 Å².